The van der Waals surface area contributed by atoms with E-state index in [-0.39, 0.29) is 28.6 Å². The number of halogens is 3. The van der Waals surface area contributed by atoms with Crippen LogP contribution in [0.2, 0.25) is 0 Å². The number of pyridine rings is 1. The van der Waals surface area contributed by atoms with Crippen molar-refractivity contribution in [3.05, 3.63) is 72.1 Å². The summed E-state index contributed by atoms with van der Waals surface area (Å²) < 4.78 is 50.9. The maximum atomic E-state index is 13.4. The average molecular weight is 446 g/mol. The molecule has 0 unspecified atom stereocenters. The number of anilines is 2. The third kappa shape index (κ3) is 4.72. The van der Waals surface area contributed by atoms with Gasteiger partial charge in [-0.15, -0.1) is 0 Å². The molecule has 1 aromatic heterocycles. The number of hydrogen-bond donors (Lipinski definition) is 2. The van der Waals surface area contributed by atoms with E-state index in [1.165, 1.54) is 48.7 Å². The number of amides is 3. The zero-order valence-electron chi connectivity index (χ0n) is 16.6. The van der Waals surface area contributed by atoms with E-state index in [1.807, 2.05) is 0 Å². The van der Waals surface area contributed by atoms with Crippen molar-refractivity contribution in [3.63, 3.8) is 0 Å². The third-order valence-corrected chi connectivity index (χ3v) is 4.26. The number of methoxy groups -OCH3 is 1. The minimum atomic E-state index is -4.71. The predicted octanol–water partition coefficient (Wildman–Crippen LogP) is 4.22. The van der Waals surface area contributed by atoms with E-state index in [0.717, 1.165) is 24.1 Å². The van der Waals surface area contributed by atoms with Crippen molar-refractivity contribution >= 4 is 23.3 Å². The Labute approximate surface area is 180 Å². The SMILES string of the molecule is COc1c(N(C(N)=O)c2cccc(Oc3ccnc(C(N)=O)c3)c2)cccc1C(F)(F)F. The quantitative estimate of drug-likeness (QED) is 0.587. The molecule has 3 aromatic rings. The first kappa shape index (κ1) is 22.4. The number of carbonyl (C=O) groups excluding carboxylic acids is 2. The fourth-order valence-corrected chi connectivity index (χ4v) is 2.96. The van der Waals surface area contributed by atoms with Gasteiger partial charge in [0.15, 0.2) is 5.75 Å². The van der Waals surface area contributed by atoms with Crippen molar-refractivity contribution in [2.45, 2.75) is 6.18 Å². The first-order chi connectivity index (χ1) is 15.1. The van der Waals surface area contributed by atoms with E-state index in [1.54, 1.807) is 0 Å². The molecule has 0 aliphatic rings. The van der Waals surface area contributed by atoms with Crippen LogP contribution in [0.5, 0.6) is 17.2 Å². The number of urea groups is 1. The molecule has 3 amide bonds. The first-order valence-corrected chi connectivity index (χ1v) is 8.99. The summed E-state index contributed by atoms with van der Waals surface area (Å²) in [6.07, 6.45) is -3.39. The Balaban J connectivity index is 2.04. The Kier molecular flexibility index (Phi) is 6.19. The molecule has 0 saturated heterocycles. The molecule has 0 spiro atoms. The Hall–Kier alpha value is -4.28. The van der Waals surface area contributed by atoms with Gasteiger partial charge in [0.25, 0.3) is 5.91 Å². The van der Waals surface area contributed by atoms with Crippen molar-refractivity contribution in [1.29, 1.82) is 0 Å². The highest BCUT2D eigenvalue weighted by Crippen LogP contribution is 2.44. The van der Waals surface area contributed by atoms with Crippen LogP contribution in [0.3, 0.4) is 0 Å². The molecule has 3 rings (SSSR count). The standard InChI is InChI=1S/C21H17F3N4O4/c1-31-18-15(21(22,23)24)6-3-7-17(18)28(20(26)30)12-4-2-5-13(10-12)32-14-8-9-27-16(11-14)19(25)29/h2-11H,1H3,(H2,25,29)(H2,26,30). The minimum absolute atomic E-state index is 0.0221. The van der Waals surface area contributed by atoms with Gasteiger partial charge in [-0.05, 0) is 30.3 Å². The van der Waals surface area contributed by atoms with Crippen molar-refractivity contribution < 1.29 is 32.2 Å². The second kappa shape index (κ2) is 8.84. The highest BCUT2D eigenvalue weighted by atomic mass is 19.4. The number of nitrogens with two attached hydrogens (primary N) is 2. The summed E-state index contributed by atoms with van der Waals surface area (Å²) in [4.78, 5) is 28.2. The number of carbonyl (C=O) groups is 2. The lowest BCUT2D eigenvalue weighted by atomic mass is 10.1. The van der Waals surface area contributed by atoms with Crippen LogP contribution >= 0.6 is 0 Å². The highest BCUT2D eigenvalue weighted by Gasteiger charge is 2.36. The molecular formula is C21H17F3N4O4. The Morgan fingerprint density at radius 2 is 1.69 bits per heavy atom. The van der Waals surface area contributed by atoms with Gasteiger partial charge in [-0.1, -0.05) is 12.1 Å². The molecule has 4 N–H and O–H groups in total. The van der Waals surface area contributed by atoms with Crippen molar-refractivity contribution in [1.82, 2.24) is 4.98 Å². The van der Waals surface area contributed by atoms with Crippen LogP contribution in [0.4, 0.5) is 29.3 Å². The second-order valence-electron chi connectivity index (χ2n) is 6.37. The number of para-hydroxylation sites is 1. The van der Waals surface area contributed by atoms with Crippen LogP contribution in [0.1, 0.15) is 16.1 Å². The number of primary amides is 2. The number of rotatable bonds is 6. The van der Waals surface area contributed by atoms with E-state index < -0.39 is 29.4 Å². The van der Waals surface area contributed by atoms with Gasteiger partial charge in [0.1, 0.15) is 17.2 Å². The van der Waals surface area contributed by atoms with E-state index in [0.29, 0.717) is 0 Å². The summed E-state index contributed by atoms with van der Waals surface area (Å²) in [7, 11) is 1.06. The number of hydrogen-bond acceptors (Lipinski definition) is 5. The smallest absolute Gasteiger partial charge is 0.420 e. The number of aromatic nitrogens is 1. The van der Waals surface area contributed by atoms with Gasteiger partial charge < -0.3 is 20.9 Å². The van der Waals surface area contributed by atoms with Gasteiger partial charge in [0, 0.05) is 18.3 Å². The number of alkyl halides is 3. The van der Waals surface area contributed by atoms with Crippen molar-refractivity contribution in [2.24, 2.45) is 11.5 Å². The number of benzene rings is 2. The van der Waals surface area contributed by atoms with Crippen LogP contribution in [0, 0.1) is 0 Å². The lowest BCUT2D eigenvalue weighted by Gasteiger charge is -2.25. The van der Waals surface area contributed by atoms with Crippen molar-refractivity contribution in [2.75, 3.05) is 12.0 Å². The summed E-state index contributed by atoms with van der Waals surface area (Å²) in [5.41, 5.74) is 9.52. The molecular weight excluding hydrogens is 429 g/mol. The van der Waals surface area contributed by atoms with Crippen LogP contribution in [0.15, 0.2) is 60.8 Å². The fourth-order valence-electron chi connectivity index (χ4n) is 2.96. The predicted molar refractivity (Wildman–Crippen MR) is 109 cm³/mol. The van der Waals surface area contributed by atoms with Crippen LogP contribution in [-0.2, 0) is 6.18 Å². The van der Waals surface area contributed by atoms with Crippen LogP contribution in [-0.4, -0.2) is 24.0 Å². The van der Waals surface area contributed by atoms with Gasteiger partial charge >= 0.3 is 12.2 Å². The molecule has 0 aliphatic heterocycles. The molecule has 166 valence electrons. The zero-order valence-corrected chi connectivity index (χ0v) is 16.6. The summed E-state index contributed by atoms with van der Waals surface area (Å²) >= 11 is 0. The molecule has 11 heteroatoms. The number of nitrogens with zero attached hydrogens (tertiary/aromatic N) is 2. The molecule has 2 aromatic carbocycles. The highest BCUT2D eigenvalue weighted by molar-refractivity contribution is 6.00. The monoisotopic (exact) mass is 446 g/mol. The van der Waals surface area contributed by atoms with Gasteiger partial charge in [-0.25, -0.2) is 4.79 Å². The average Bonchev–Trinajstić information content (AvgIpc) is 2.73. The van der Waals surface area contributed by atoms with E-state index >= 15 is 0 Å². The topological polar surface area (TPSA) is 121 Å². The molecule has 0 bridgehead atoms. The largest absolute Gasteiger partial charge is 0.494 e. The lowest BCUT2D eigenvalue weighted by molar-refractivity contribution is -0.138. The van der Waals surface area contributed by atoms with E-state index in [4.69, 9.17) is 20.9 Å². The van der Waals surface area contributed by atoms with Crippen LogP contribution < -0.4 is 25.8 Å². The first-order valence-electron chi connectivity index (χ1n) is 8.99. The summed E-state index contributed by atoms with van der Waals surface area (Å²) in [6.45, 7) is 0. The molecule has 0 saturated carbocycles. The number of ether oxygens (including phenoxy) is 2. The molecule has 0 aliphatic carbocycles. The molecule has 0 fully saturated rings. The minimum Gasteiger partial charge on any atom is -0.494 e. The Morgan fingerprint density at radius 3 is 2.31 bits per heavy atom. The van der Waals surface area contributed by atoms with Gasteiger partial charge in [0.2, 0.25) is 0 Å². The molecule has 0 atom stereocenters. The zero-order chi connectivity index (χ0) is 23.5. The maximum Gasteiger partial charge on any atom is 0.420 e. The summed E-state index contributed by atoms with van der Waals surface area (Å²) in [5.74, 6) is -0.874. The van der Waals surface area contributed by atoms with Gasteiger partial charge in [-0.2, -0.15) is 13.2 Å². The summed E-state index contributed by atoms with van der Waals surface area (Å²) in [5, 5.41) is 0. The van der Waals surface area contributed by atoms with Gasteiger partial charge in [0.05, 0.1) is 24.0 Å². The van der Waals surface area contributed by atoms with E-state index in [9.17, 15) is 22.8 Å². The molecule has 1 heterocycles. The Bertz CT molecular complexity index is 1170. The Morgan fingerprint density at radius 1 is 1.00 bits per heavy atom. The van der Waals surface area contributed by atoms with E-state index in [2.05, 4.69) is 4.98 Å². The molecule has 32 heavy (non-hydrogen) atoms. The molecule has 0 radical (unpaired) electrons. The van der Waals surface area contributed by atoms with Crippen molar-refractivity contribution in [3.8, 4) is 17.2 Å². The third-order valence-electron chi connectivity index (χ3n) is 4.26. The molecule has 8 nitrogen and oxygen atoms in total. The lowest BCUT2D eigenvalue weighted by Crippen LogP contribution is -2.32. The normalized spacial score (nSPS) is 11.0. The maximum absolute atomic E-state index is 13.4. The van der Waals surface area contributed by atoms with Crippen LogP contribution in [0.25, 0.3) is 0 Å². The van der Waals surface area contributed by atoms with Gasteiger partial charge in [-0.3, -0.25) is 14.7 Å². The second-order valence-corrected chi connectivity index (χ2v) is 6.37. The summed E-state index contributed by atoms with van der Waals surface area (Å²) in [6, 6.07) is 10.9. The fraction of sp³-hybridized carbons (Fsp3) is 0.0952.